The Hall–Kier alpha value is -2.31. The molecule has 1 aromatic carbocycles. The molecule has 7 heteroatoms. The van der Waals surface area contributed by atoms with Crippen LogP contribution < -0.4 is 5.56 Å². The number of rotatable bonds is 2. The maximum atomic E-state index is 12.7. The zero-order valence-electron chi connectivity index (χ0n) is 11.4. The summed E-state index contributed by atoms with van der Waals surface area (Å²) in [6.07, 6.45) is -4.59. The van der Waals surface area contributed by atoms with Crippen LogP contribution in [0.2, 0.25) is 0 Å². The Morgan fingerprint density at radius 3 is 2.43 bits per heavy atom. The van der Waals surface area contributed by atoms with E-state index in [0.29, 0.717) is 9.95 Å². The number of halogens is 3. The smallest absolute Gasteiger partial charge is 0.343 e. The van der Waals surface area contributed by atoms with E-state index in [9.17, 15) is 22.8 Å². The zero-order valence-corrected chi connectivity index (χ0v) is 11.4. The summed E-state index contributed by atoms with van der Waals surface area (Å²) < 4.78 is 38.5. The summed E-state index contributed by atoms with van der Waals surface area (Å²) in [7, 11) is 2.83. The summed E-state index contributed by atoms with van der Waals surface area (Å²) >= 11 is 0. The van der Waals surface area contributed by atoms with Crippen molar-refractivity contribution in [2.75, 3.05) is 14.1 Å². The fourth-order valence-electron chi connectivity index (χ4n) is 2.04. The van der Waals surface area contributed by atoms with Crippen LogP contribution in [0.4, 0.5) is 13.2 Å². The van der Waals surface area contributed by atoms with Crippen molar-refractivity contribution in [3.8, 4) is 0 Å². The first-order chi connectivity index (χ1) is 9.70. The summed E-state index contributed by atoms with van der Waals surface area (Å²) in [4.78, 5) is 25.4. The number of hydrogen-bond donors (Lipinski definition) is 0. The first kappa shape index (κ1) is 15.1. The first-order valence-corrected chi connectivity index (χ1v) is 6.11. The number of aromatic nitrogens is 1. The Morgan fingerprint density at radius 2 is 1.86 bits per heavy atom. The predicted molar refractivity (Wildman–Crippen MR) is 72.3 cm³/mol. The molecule has 0 aliphatic rings. The summed E-state index contributed by atoms with van der Waals surface area (Å²) in [5.74, 6) is -0.651. The van der Waals surface area contributed by atoms with E-state index in [0.717, 1.165) is 4.90 Å². The molecule has 0 N–H and O–H groups in total. The molecule has 0 bridgehead atoms. The molecule has 1 aromatic heterocycles. The van der Waals surface area contributed by atoms with Gasteiger partial charge in [0.1, 0.15) is 12.2 Å². The minimum atomic E-state index is -4.59. The van der Waals surface area contributed by atoms with Crippen LogP contribution >= 0.6 is 0 Å². The van der Waals surface area contributed by atoms with Crippen LogP contribution in [0.3, 0.4) is 0 Å². The van der Waals surface area contributed by atoms with Gasteiger partial charge in [0.25, 0.3) is 11.5 Å². The van der Waals surface area contributed by atoms with Crippen molar-refractivity contribution in [2.45, 2.75) is 12.7 Å². The van der Waals surface area contributed by atoms with E-state index in [-0.39, 0.29) is 11.1 Å². The van der Waals surface area contributed by atoms with Gasteiger partial charge in [-0.3, -0.25) is 14.2 Å². The van der Waals surface area contributed by atoms with Crippen molar-refractivity contribution in [1.29, 1.82) is 0 Å². The maximum absolute atomic E-state index is 12.7. The normalized spacial score (nSPS) is 11.7. The topological polar surface area (TPSA) is 42.3 Å². The summed E-state index contributed by atoms with van der Waals surface area (Å²) in [6.45, 7) is -1.49. The second kappa shape index (κ2) is 5.23. The van der Waals surface area contributed by atoms with Crippen molar-refractivity contribution in [2.24, 2.45) is 0 Å². The molecule has 0 radical (unpaired) electrons. The molecule has 0 aliphatic carbocycles. The molecule has 1 amide bonds. The average Bonchev–Trinajstić information content (AvgIpc) is 2.39. The number of carbonyl (C=O) groups excluding carboxylic acids is 1. The molecule has 2 rings (SSSR count). The highest BCUT2D eigenvalue weighted by Crippen LogP contribution is 2.20. The van der Waals surface area contributed by atoms with E-state index in [1.165, 1.54) is 26.2 Å². The molecule has 2 aromatic rings. The van der Waals surface area contributed by atoms with Crippen LogP contribution in [0, 0.1) is 0 Å². The third-order valence-electron chi connectivity index (χ3n) is 2.98. The monoisotopic (exact) mass is 298 g/mol. The van der Waals surface area contributed by atoms with Gasteiger partial charge in [-0.05, 0) is 17.5 Å². The molecular formula is C14H13F3N2O2. The van der Waals surface area contributed by atoms with E-state index in [1.54, 1.807) is 18.2 Å². The van der Waals surface area contributed by atoms with Gasteiger partial charge in [0.2, 0.25) is 0 Å². The van der Waals surface area contributed by atoms with Crippen LogP contribution in [0.15, 0.2) is 35.1 Å². The molecule has 21 heavy (non-hydrogen) atoms. The highest BCUT2D eigenvalue weighted by atomic mass is 19.4. The Bertz CT molecular complexity index is 748. The first-order valence-electron chi connectivity index (χ1n) is 6.11. The summed E-state index contributed by atoms with van der Waals surface area (Å²) in [5, 5.41) is 0.586. The molecule has 4 nitrogen and oxygen atoms in total. The fourth-order valence-corrected chi connectivity index (χ4v) is 2.04. The quantitative estimate of drug-likeness (QED) is 0.853. The Labute approximate surface area is 118 Å². The molecule has 0 aliphatic heterocycles. The molecule has 0 spiro atoms. The number of alkyl halides is 3. The van der Waals surface area contributed by atoms with Gasteiger partial charge >= 0.3 is 6.18 Å². The number of carbonyl (C=O) groups is 1. The average molecular weight is 298 g/mol. The van der Waals surface area contributed by atoms with E-state index < -0.39 is 24.2 Å². The lowest BCUT2D eigenvalue weighted by molar-refractivity contribution is -0.141. The van der Waals surface area contributed by atoms with Crippen LogP contribution in [0.1, 0.15) is 10.5 Å². The number of hydrogen-bond acceptors (Lipinski definition) is 2. The molecule has 0 unspecified atom stereocenters. The Morgan fingerprint density at radius 1 is 1.24 bits per heavy atom. The third kappa shape index (κ3) is 3.07. The van der Waals surface area contributed by atoms with Gasteiger partial charge in [0.05, 0.1) is 0 Å². The van der Waals surface area contributed by atoms with Gasteiger partial charge in [-0.25, -0.2) is 0 Å². The largest absolute Gasteiger partial charge is 0.406 e. The van der Waals surface area contributed by atoms with E-state index >= 15 is 0 Å². The van der Waals surface area contributed by atoms with Crippen molar-refractivity contribution in [1.82, 2.24) is 9.47 Å². The molecule has 112 valence electrons. The molecule has 0 fully saturated rings. The maximum Gasteiger partial charge on any atom is 0.406 e. The van der Waals surface area contributed by atoms with Crippen LogP contribution in [0.5, 0.6) is 0 Å². The van der Waals surface area contributed by atoms with Crippen LogP contribution in [-0.2, 0) is 6.54 Å². The van der Waals surface area contributed by atoms with E-state index in [4.69, 9.17) is 0 Å². The van der Waals surface area contributed by atoms with Gasteiger partial charge < -0.3 is 4.90 Å². The molecule has 0 atom stereocenters. The number of benzene rings is 1. The van der Waals surface area contributed by atoms with Gasteiger partial charge in [0.15, 0.2) is 0 Å². The van der Waals surface area contributed by atoms with Gasteiger partial charge in [-0.15, -0.1) is 0 Å². The zero-order chi connectivity index (χ0) is 15.8. The molecule has 1 heterocycles. The van der Waals surface area contributed by atoms with Crippen molar-refractivity contribution in [3.63, 3.8) is 0 Å². The molecule has 0 saturated heterocycles. The fraction of sp³-hybridized carbons (Fsp3) is 0.286. The van der Waals surface area contributed by atoms with Gasteiger partial charge in [-0.1, -0.05) is 18.2 Å². The lowest BCUT2D eigenvalue weighted by atomic mass is 10.1. The van der Waals surface area contributed by atoms with Crippen molar-refractivity contribution in [3.05, 3.63) is 46.4 Å². The number of pyridine rings is 1. The lowest BCUT2D eigenvalue weighted by Gasteiger charge is -2.18. The highest BCUT2D eigenvalue weighted by molar-refractivity contribution is 5.96. The number of nitrogens with zero attached hydrogens (tertiary/aromatic N) is 2. The van der Waals surface area contributed by atoms with E-state index in [1.807, 2.05) is 0 Å². The predicted octanol–water partition coefficient (Wildman–Crippen LogP) is 2.27. The minimum absolute atomic E-state index is 0.150. The van der Waals surface area contributed by atoms with Crippen molar-refractivity contribution >= 4 is 16.7 Å². The Kier molecular flexibility index (Phi) is 3.76. The number of fused-ring (bicyclic) bond motifs is 1. The summed E-state index contributed by atoms with van der Waals surface area (Å²) in [5.41, 5.74) is -1.10. The van der Waals surface area contributed by atoms with Crippen molar-refractivity contribution < 1.29 is 18.0 Å². The minimum Gasteiger partial charge on any atom is -0.343 e. The molecular weight excluding hydrogens is 285 g/mol. The van der Waals surface area contributed by atoms with Crippen LogP contribution in [-0.4, -0.2) is 35.6 Å². The third-order valence-corrected chi connectivity index (χ3v) is 2.98. The number of amides is 1. The second-order valence-corrected chi connectivity index (χ2v) is 4.82. The Balaban J connectivity index is 2.77. The van der Waals surface area contributed by atoms with Crippen LogP contribution in [0.25, 0.3) is 10.8 Å². The second-order valence-electron chi connectivity index (χ2n) is 4.82. The highest BCUT2D eigenvalue weighted by Gasteiger charge is 2.31. The van der Waals surface area contributed by atoms with Gasteiger partial charge in [-0.2, -0.15) is 13.2 Å². The lowest BCUT2D eigenvalue weighted by Crippen LogP contribution is -2.35. The SMILES string of the molecule is CN(C)C(=O)c1cc2ccccc2c(=O)n1CC(F)(F)F. The molecule has 0 saturated carbocycles. The standard InChI is InChI=1S/C14H13F3N2O2/c1-18(2)13(21)11-7-9-5-3-4-6-10(9)12(20)19(11)8-14(15,16)17/h3-7H,8H2,1-2H3. The van der Waals surface area contributed by atoms with E-state index in [2.05, 4.69) is 0 Å². The van der Waals surface area contributed by atoms with Gasteiger partial charge in [0, 0.05) is 19.5 Å². The summed E-state index contributed by atoms with van der Waals surface area (Å²) in [6, 6.07) is 7.55.